The zero-order valence-corrected chi connectivity index (χ0v) is 15.4. The molecule has 0 radical (unpaired) electrons. The highest BCUT2D eigenvalue weighted by Crippen LogP contribution is 2.35. The van der Waals surface area contributed by atoms with Gasteiger partial charge < -0.3 is 4.90 Å². The van der Waals surface area contributed by atoms with Gasteiger partial charge in [0.1, 0.15) is 0 Å². The molecule has 0 atom stereocenters. The Morgan fingerprint density at radius 3 is 2.40 bits per heavy atom. The van der Waals surface area contributed by atoms with E-state index in [2.05, 4.69) is 0 Å². The smallest absolute Gasteiger partial charge is 0.243 e. The average Bonchev–Trinajstić information content (AvgIpc) is 2.60. The molecule has 1 saturated carbocycles. The molecule has 0 spiro atoms. The molecule has 25 heavy (non-hydrogen) atoms. The zero-order valence-electron chi connectivity index (χ0n) is 14.6. The van der Waals surface area contributed by atoms with Crippen LogP contribution in [-0.2, 0) is 21.2 Å². The summed E-state index contributed by atoms with van der Waals surface area (Å²) in [6.45, 7) is 1.98. The third-order valence-electron chi connectivity index (χ3n) is 5.84. The first kappa shape index (κ1) is 17.0. The van der Waals surface area contributed by atoms with E-state index in [-0.39, 0.29) is 11.8 Å². The maximum Gasteiger partial charge on any atom is 0.243 e. The summed E-state index contributed by atoms with van der Waals surface area (Å²) in [6, 6.07) is 5.34. The highest BCUT2D eigenvalue weighted by Gasteiger charge is 2.33. The van der Waals surface area contributed by atoms with E-state index in [1.807, 2.05) is 11.0 Å². The van der Waals surface area contributed by atoms with Gasteiger partial charge >= 0.3 is 0 Å². The maximum absolute atomic E-state index is 12.9. The van der Waals surface area contributed by atoms with E-state index >= 15 is 0 Å². The van der Waals surface area contributed by atoms with E-state index in [1.54, 1.807) is 16.4 Å². The zero-order chi connectivity index (χ0) is 17.4. The summed E-state index contributed by atoms with van der Waals surface area (Å²) in [4.78, 5) is 14.9. The summed E-state index contributed by atoms with van der Waals surface area (Å²) in [7, 11) is -3.41. The molecular formula is C19H26N2O3S. The highest BCUT2D eigenvalue weighted by molar-refractivity contribution is 7.89. The van der Waals surface area contributed by atoms with Crippen LogP contribution in [0.25, 0.3) is 0 Å². The number of hydrogen-bond acceptors (Lipinski definition) is 3. The first-order valence-corrected chi connectivity index (χ1v) is 11.0. The van der Waals surface area contributed by atoms with Crippen molar-refractivity contribution in [3.8, 4) is 0 Å². The van der Waals surface area contributed by atoms with Gasteiger partial charge in [0.25, 0.3) is 0 Å². The van der Waals surface area contributed by atoms with Gasteiger partial charge in [-0.1, -0.05) is 12.8 Å². The number of carbonyl (C=O) groups excluding carboxylic acids is 1. The standard InChI is InChI=1S/C19H26N2O3S/c22-19(15-6-4-7-15)21-13-5-8-16-14-17(9-10-18(16)21)25(23,24)20-11-2-1-3-12-20/h9-10,14-15H,1-8,11-13H2. The number of rotatable bonds is 3. The van der Waals surface area contributed by atoms with Gasteiger partial charge in [-0.05, 0) is 62.3 Å². The number of anilines is 1. The molecule has 1 amide bonds. The minimum atomic E-state index is -3.41. The van der Waals surface area contributed by atoms with Crippen molar-refractivity contribution in [2.75, 3.05) is 24.5 Å². The molecule has 1 aromatic carbocycles. The Morgan fingerprint density at radius 2 is 1.72 bits per heavy atom. The predicted molar refractivity (Wildman–Crippen MR) is 97.1 cm³/mol. The summed E-state index contributed by atoms with van der Waals surface area (Å²) < 4.78 is 27.4. The molecule has 2 fully saturated rings. The second-order valence-electron chi connectivity index (χ2n) is 7.48. The molecule has 4 rings (SSSR count). The number of benzene rings is 1. The normalized spacial score (nSPS) is 22.3. The number of aryl methyl sites for hydroxylation is 1. The predicted octanol–water partition coefficient (Wildman–Crippen LogP) is 2.94. The summed E-state index contributed by atoms with van der Waals surface area (Å²) in [6.07, 6.45) is 7.85. The summed E-state index contributed by atoms with van der Waals surface area (Å²) >= 11 is 0. The van der Waals surface area contributed by atoms with Crippen LogP contribution in [0.4, 0.5) is 5.69 Å². The van der Waals surface area contributed by atoms with Gasteiger partial charge in [0.2, 0.25) is 15.9 Å². The van der Waals surface area contributed by atoms with E-state index in [9.17, 15) is 13.2 Å². The average molecular weight is 362 g/mol. The second-order valence-corrected chi connectivity index (χ2v) is 9.41. The van der Waals surface area contributed by atoms with Crippen LogP contribution in [0, 0.1) is 5.92 Å². The van der Waals surface area contributed by atoms with Gasteiger partial charge in [0, 0.05) is 31.2 Å². The quantitative estimate of drug-likeness (QED) is 0.831. The van der Waals surface area contributed by atoms with Crippen molar-refractivity contribution in [1.82, 2.24) is 4.31 Å². The first-order valence-electron chi connectivity index (χ1n) is 9.52. The van der Waals surface area contributed by atoms with Gasteiger partial charge in [0.05, 0.1) is 4.90 Å². The van der Waals surface area contributed by atoms with Gasteiger partial charge in [-0.15, -0.1) is 0 Å². The van der Waals surface area contributed by atoms with Crippen LogP contribution in [0.2, 0.25) is 0 Å². The molecule has 0 N–H and O–H groups in total. The van der Waals surface area contributed by atoms with E-state index in [4.69, 9.17) is 0 Å². The second kappa shape index (κ2) is 6.72. The Bertz CT molecular complexity index is 765. The molecular weight excluding hydrogens is 336 g/mol. The largest absolute Gasteiger partial charge is 0.312 e. The van der Waals surface area contributed by atoms with E-state index in [0.29, 0.717) is 18.0 Å². The maximum atomic E-state index is 12.9. The van der Waals surface area contributed by atoms with E-state index < -0.39 is 10.0 Å². The van der Waals surface area contributed by atoms with Crippen molar-refractivity contribution >= 4 is 21.6 Å². The van der Waals surface area contributed by atoms with Crippen LogP contribution in [0.3, 0.4) is 0 Å². The number of carbonyl (C=O) groups is 1. The van der Waals surface area contributed by atoms with E-state index in [1.165, 1.54) is 0 Å². The Kier molecular flexibility index (Phi) is 4.58. The molecule has 136 valence electrons. The van der Waals surface area contributed by atoms with Crippen LogP contribution in [0.1, 0.15) is 50.5 Å². The van der Waals surface area contributed by atoms with Crippen molar-refractivity contribution in [3.05, 3.63) is 23.8 Å². The molecule has 6 heteroatoms. The van der Waals surface area contributed by atoms with Crippen LogP contribution < -0.4 is 4.90 Å². The van der Waals surface area contributed by atoms with Crippen molar-refractivity contribution in [3.63, 3.8) is 0 Å². The number of nitrogens with zero attached hydrogens (tertiary/aromatic N) is 2. The molecule has 2 aliphatic heterocycles. The Morgan fingerprint density at radius 1 is 0.960 bits per heavy atom. The Hall–Kier alpha value is -1.40. The highest BCUT2D eigenvalue weighted by atomic mass is 32.2. The summed E-state index contributed by atoms with van der Waals surface area (Å²) in [5.41, 5.74) is 1.91. The number of amides is 1. The number of hydrogen-bond donors (Lipinski definition) is 0. The molecule has 1 aromatic rings. The third kappa shape index (κ3) is 3.10. The minimum Gasteiger partial charge on any atom is -0.312 e. The number of piperidine rings is 1. The van der Waals surface area contributed by atoms with Crippen LogP contribution in [-0.4, -0.2) is 38.3 Å². The van der Waals surface area contributed by atoms with Gasteiger partial charge in [0.15, 0.2) is 0 Å². The monoisotopic (exact) mass is 362 g/mol. The molecule has 0 aromatic heterocycles. The fourth-order valence-corrected chi connectivity index (χ4v) is 5.66. The molecule has 0 unspecified atom stereocenters. The first-order chi connectivity index (χ1) is 12.1. The summed E-state index contributed by atoms with van der Waals surface area (Å²) in [5.74, 6) is 0.390. The van der Waals surface area contributed by atoms with Gasteiger partial charge in [-0.2, -0.15) is 4.31 Å². The van der Waals surface area contributed by atoms with Crippen LogP contribution in [0.5, 0.6) is 0 Å². The lowest BCUT2D eigenvalue weighted by Crippen LogP contribution is -2.42. The number of sulfonamides is 1. The van der Waals surface area contributed by atoms with Crippen molar-refractivity contribution < 1.29 is 13.2 Å². The van der Waals surface area contributed by atoms with Crippen molar-refractivity contribution in [2.24, 2.45) is 5.92 Å². The lowest BCUT2D eigenvalue weighted by atomic mass is 9.83. The topological polar surface area (TPSA) is 57.7 Å². The van der Waals surface area contributed by atoms with E-state index in [0.717, 1.165) is 69.2 Å². The van der Waals surface area contributed by atoms with Crippen molar-refractivity contribution in [1.29, 1.82) is 0 Å². The third-order valence-corrected chi connectivity index (χ3v) is 7.74. The summed E-state index contributed by atoms with van der Waals surface area (Å²) in [5, 5.41) is 0. The molecule has 3 aliphatic rings. The molecule has 1 saturated heterocycles. The fraction of sp³-hybridized carbons (Fsp3) is 0.632. The molecule has 5 nitrogen and oxygen atoms in total. The Balaban J connectivity index is 1.62. The molecule has 2 heterocycles. The molecule has 0 bridgehead atoms. The van der Waals surface area contributed by atoms with Crippen LogP contribution in [0.15, 0.2) is 23.1 Å². The van der Waals surface area contributed by atoms with Gasteiger partial charge in [-0.3, -0.25) is 4.79 Å². The lowest BCUT2D eigenvalue weighted by Gasteiger charge is -2.35. The number of fused-ring (bicyclic) bond motifs is 1. The lowest BCUT2D eigenvalue weighted by molar-refractivity contribution is -0.124. The fourth-order valence-electron chi connectivity index (χ4n) is 4.09. The van der Waals surface area contributed by atoms with Crippen molar-refractivity contribution in [2.45, 2.75) is 56.3 Å². The Labute approximate surface area is 150 Å². The van der Waals surface area contributed by atoms with Gasteiger partial charge in [-0.25, -0.2) is 8.42 Å². The SMILES string of the molecule is O=C(C1CCC1)N1CCCc2cc(S(=O)(=O)N3CCCCC3)ccc21. The van der Waals surface area contributed by atoms with Crippen LogP contribution >= 0.6 is 0 Å². The minimum absolute atomic E-state index is 0.169. The molecule has 1 aliphatic carbocycles.